The van der Waals surface area contributed by atoms with Crippen LogP contribution in [-0.4, -0.2) is 30.1 Å². The Morgan fingerprint density at radius 2 is 2.05 bits per heavy atom. The number of nitrogens with zero attached hydrogens (tertiary/aromatic N) is 3. The molecule has 20 heavy (non-hydrogen) atoms. The first-order chi connectivity index (χ1) is 9.55. The maximum absolute atomic E-state index is 4.70. The Labute approximate surface area is 125 Å². The lowest BCUT2D eigenvalue weighted by Gasteiger charge is -2.21. The van der Waals surface area contributed by atoms with Crippen LogP contribution in [0.25, 0.3) is 10.2 Å². The van der Waals surface area contributed by atoms with Crippen LogP contribution in [0.15, 0.2) is 6.07 Å². The van der Waals surface area contributed by atoms with Crippen molar-refractivity contribution in [1.29, 1.82) is 0 Å². The van der Waals surface area contributed by atoms with Crippen LogP contribution in [0.4, 0.5) is 11.8 Å². The fourth-order valence-corrected chi connectivity index (χ4v) is 3.25. The molecule has 0 amide bonds. The Kier molecular flexibility index (Phi) is 4.81. The Morgan fingerprint density at radius 3 is 2.65 bits per heavy atom. The third kappa shape index (κ3) is 3.20. The molecule has 0 bridgehead atoms. The molecule has 0 saturated carbocycles. The van der Waals surface area contributed by atoms with E-state index in [2.05, 4.69) is 56.0 Å². The molecule has 0 radical (unpaired) electrons. The van der Waals surface area contributed by atoms with Gasteiger partial charge in [0.15, 0.2) is 0 Å². The van der Waals surface area contributed by atoms with E-state index in [0.717, 1.165) is 36.1 Å². The highest BCUT2D eigenvalue weighted by Gasteiger charge is 2.15. The van der Waals surface area contributed by atoms with Gasteiger partial charge in [-0.25, -0.2) is 4.98 Å². The quantitative estimate of drug-likeness (QED) is 0.879. The Bertz CT molecular complexity index is 577. The summed E-state index contributed by atoms with van der Waals surface area (Å²) >= 11 is 1.77. The molecule has 0 aromatic carbocycles. The van der Waals surface area contributed by atoms with Crippen LogP contribution in [0, 0.1) is 5.92 Å². The SMILES string of the molecule is CCNc1nc(N(C)CC(C)C)c2cc(CC)sc2n1. The van der Waals surface area contributed by atoms with Crippen molar-refractivity contribution in [2.24, 2.45) is 5.92 Å². The molecule has 2 aromatic heterocycles. The summed E-state index contributed by atoms with van der Waals surface area (Å²) in [4.78, 5) is 14.0. The molecule has 2 heterocycles. The minimum atomic E-state index is 0.608. The maximum atomic E-state index is 4.70. The summed E-state index contributed by atoms with van der Waals surface area (Å²) in [6, 6.07) is 2.24. The molecule has 0 spiro atoms. The maximum Gasteiger partial charge on any atom is 0.226 e. The van der Waals surface area contributed by atoms with E-state index in [-0.39, 0.29) is 0 Å². The van der Waals surface area contributed by atoms with Gasteiger partial charge in [-0.05, 0) is 25.3 Å². The molecule has 0 saturated heterocycles. The van der Waals surface area contributed by atoms with E-state index in [1.54, 1.807) is 11.3 Å². The molecular formula is C15H24N4S. The fourth-order valence-electron chi connectivity index (χ4n) is 2.29. The standard InChI is InChI=1S/C15H24N4S/c1-6-11-8-12-13(19(5)9-10(3)4)17-15(16-7-2)18-14(12)20-11/h8,10H,6-7,9H2,1-5H3,(H,16,17,18). The lowest BCUT2D eigenvalue weighted by molar-refractivity contribution is 0.636. The molecule has 1 N–H and O–H groups in total. The fraction of sp³-hybridized carbons (Fsp3) is 0.600. The van der Waals surface area contributed by atoms with Gasteiger partial charge in [0.2, 0.25) is 5.95 Å². The largest absolute Gasteiger partial charge is 0.359 e. The van der Waals surface area contributed by atoms with Gasteiger partial charge in [0.05, 0.1) is 5.39 Å². The van der Waals surface area contributed by atoms with E-state index in [4.69, 9.17) is 4.98 Å². The van der Waals surface area contributed by atoms with Gasteiger partial charge in [0, 0.05) is 25.0 Å². The van der Waals surface area contributed by atoms with Crippen molar-refractivity contribution in [2.75, 3.05) is 30.4 Å². The molecule has 110 valence electrons. The van der Waals surface area contributed by atoms with Crippen molar-refractivity contribution in [1.82, 2.24) is 9.97 Å². The van der Waals surface area contributed by atoms with Crippen LogP contribution >= 0.6 is 11.3 Å². The van der Waals surface area contributed by atoms with Crippen LogP contribution in [-0.2, 0) is 6.42 Å². The first-order valence-corrected chi connectivity index (χ1v) is 8.12. The highest BCUT2D eigenvalue weighted by Crippen LogP contribution is 2.32. The zero-order valence-electron chi connectivity index (χ0n) is 13.0. The lowest BCUT2D eigenvalue weighted by Crippen LogP contribution is -2.24. The molecule has 2 aromatic rings. The molecular weight excluding hydrogens is 268 g/mol. The molecule has 0 unspecified atom stereocenters. The minimum absolute atomic E-state index is 0.608. The Balaban J connectivity index is 2.50. The molecule has 0 fully saturated rings. The number of rotatable bonds is 6. The first kappa shape index (κ1) is 15.0. The topological polar surface area (TPSA) is 41.1 Å². The second-order valence-corrected chi connectivity index (χ2v) is 6.58. The minimum Gasteiger partial charge on any atom is -0.359 e. The number of aryl methyl sites for hydroxylation is 1. The molecule has 0 aliphatic rings. The molecule has 0 atom stereocenters. The number of aromatic nitrogens is 2. The zero-order valence-corrected chi connectivity index (χ0v) is 13.8. The second kappa shape index (κ2) is 6.39. The summed E-state index contributed by atoms with van der Waals surface area (Å²) in [7, 11) is 2.11. The highest BCUT2D eigenvalue weighted by molar-refractivity contribution is 7.18. The summed E-state index contributed by atoms with van der Waals surface area (Å²) in [5, 5.41) is 4.41. The van der Waals surface area contributed by atoms with E-state index in [1.165, 1.54) is 10.3 Å². The van der Waals surface area contributed by atoms with Gasteiger partial charge in [-0.1, -0.05) is 20.8 Å². The van der Waals surface area contributed by atoms with Crippen molar-refractivity contribution in [3.05, 3.63) is 10.9 Å². The van der Waals surface area contributed by atoms with Crippen molar-refractivity contribution >= 4 is 33.3 Å². The zero-order chi connectivity index (χ0) is 14.7. The normalized spacial score (nSPS) is 11.3. The van der Waals surface area contributed by atoms with Crippen LogP contribution in [0.2, 0.25) is 0 Å². The molecule has 4 nitrogen and oxygen atoms in total. The predicted molar refractivity (Wildman–Crippen MR) is 89.1 cm³/mol. The number of hydrogen-bond acceptors (Lipinski definition) is 5. The predicted octanol–water partition coefficient (Wildman–Crippen LogP) is 3.78. The third-order valence-electron chi connectivity index (χ3n) is 3.11. The molecule has 2 rings (SSSR count). The van der Waals surface area contributed by atoms with E-state index < -0.39 is 0 Å². The van der Waals surface area contributed by atoms with Crippen molar-refractivity contribution in [3.63, 3.8) is 0 Å². The van der Waals surface area contributed by atoms with Crippen LogP contribution < -0.4 is 10.2 Å². The Hall–Kier alpha value is -1.36. The highest BCUT2D eigenvalue weighted by atomic mass is 32.1. The van der Waals surface area contributed by atoms with Crippen LogP contribution in [0.3, 0.4) is 0 Å². The van der Waals surface area contributed by atoms with Crippen molar-refractivity contribution in [3.8, 4) is 0 Å². The van der Waals surface area contributed by atoms with Crippen LogP contribution in [0.5, 0.6) is 0 Å². The lowest BCUT2D eigenvalue weighted by atomic mass is 10.2. The average molecular weight is 292 g/mol. The monoisotopic (exact) mass is 292 g/mol. The smallest absolute Gasteiger partial charge is 0.226 e. The number of thiophene rings is 1. The van der Waals surface area contributed by atoms with E-state index in [0.29, 0.717) is 5.92 Å². The number of nitrogens with one attached hydrogen (secondary N) is 1. The third-order valence-corrected chi connectivity index (χ3v) is 4.28. The summed E-state index contributed by atoms with van der Waals surface area (Å²) in [6.45, 7) is 10.5. The molecule has 5 heteroatoms. The van der Waals surface area contributed by atoms with Gasteiger partial charge in [-0.15, -0.1) is 11.3 Å². The average Bonchev–Trinajstić information content (AvgIpc) is 2.80. The number of hydrogen-bond donors (Lipinski definition) is 1. The summed E-state index contributed by atoms with van der Waals surface area (Å²) in [5.41, 5.74) is 0. The number of anilines is 2. The summed E-state index contributed by atoms with van der Waals surface area (Å²) in [6.07, 6.45) is 1.05. The first-order valence-electron chi connectivity index (χ1n) is 7.30. The van der Waals surface area contributed by atoms with Gasteiger partial charge >= 0.3 is 0 Å². The van der Waals surface area contributed by atoms with Gasteiger partial charge in [0.1, 0.15) is 10.6 Å². The van der Waals surface area contributed by atoms with Gasteiger partial charge in [-0.3, -0.25) is 0 Å². The van der Waals surface area contributed by atoms with E-state index in [1.807, 2.05) is 0 Å². The number of fused-ring (bicyclic) bond motifs is 1. The Morgan fingerprint density at radius 1 is 1.30 bits per heavy atom. The van der Waals surface area contributed by atoms with E-state index in [9.17, 15) is 0 Å². The van der Waals surface area contributed by atoms with Gasteiger partial charge in [-0.2, -0.15) is 4.98 Å². The molecule has 0 aliphatic carbocycles. The summed E-state index contributed by atoms with van der Waals surface area (Å²) < 4.78 is 0. The van der Waals surface area contributed by atoms with Crippen molar-refractivity contribution < 1.29 is 0 Å². The second-order valence-electron chi connectivity index (χ2n) is 5.46. The van der Waals surface area contributed by atoms with E-state index >= 15 is 0 Å². The molecule has 0 aliphatic heterocycles. The van der Waals surface area contributed by atoms with Gasteiger partial charge in [0.25, 0.3) is 0 Å². The van der Waals surface area contributed by atoms with Crippen molar-refractivity contribution in [2.45, 2.75) is 34.1 Å². The summed E-state index contributed by atoms with van der Waals surface area (Å²) in [5.74, 6) is 2.38. The van der Waals surface area contributed by atoms with Gasteiger partial charge < -0.3 is 10.2 Å². The van der Waals surface area contributed by atoms with Crippen LogP contribution in [0.1, 0.15) is 32.6 Å².